The third-order valence-corrected chi connectivity index (χ3v) is 6.07. The second kappa shape index (κ2) is 7.92. The molecular weight excluding hydrogens is 460 g/mol. The van der Waals surface area contributed by atoms with Crippen molar-refractivity contribution in [3.8, 4) is 0 Å². The van der Waals surface area contributed by atoms with Gasteiger partial charge in [-0.2, -0.15) is 4.98 Å². The Hall–Kier alpha value is -4.31. The van der Waals surface area contributed by atoms with Gasteiger partial charge in [0.1, 0.15) is 0 Å². The Bertz CT molecular complexity index is 1710. The number of nitrogens with one attached hydrogen (secondary N) is 2. The molecular formula is C23H19ClN6O4. The number of aromatic carboxylic acids is 1. The lowest BCUT2D eigenvalue weighted by atomic mass is 10.2. The van der Waals surface area contributed by atoms with Crippen LogP contribution in [-0.2, 0) is 20.6 Å². The molecule has 0 aliphatic heterocycles. The van der Waals surface area contributed by atoms with E-state index in [1.165, 1.54) is 16.7 Å². The zero-order chi connectivity index (χ0) is 24.1. The Labute approximate surface area is 196 Å². The highest BCUT2D eigenvalue weighted by Crippen LogP contribution is 2.24. The maximum atomic E-state index is 13.4. The predicted molar refractivity (Wildman–Crippen MR) is 129 cm³/mol. The molecule has 0 radical (unpaired) electrons. The summed E-state index contributed by atoms with van der Waals surface area (Å²) in [6.45, 7) is 0.0387. The quantitative estimate of drug-likeness (QED) is 0.356. The van der Waals surface area contributed by atoms with Crippen LogP contribution in [0.2, 0.25) is 5.02 Å². The molecule has 0 aliphatic carbocycles. The largest absolute Gasteiger partial charge is 0.478 e. The van der Waals surface area contributed by atoms with Crippen molar-refractivity contribution in [1.82, 2.24) is 23.7 Å². The number of benzene rings is 2. The lowest BCUT2D eigenvalue weighted by Crippen LogP contribution is -2.39. The fraction of sp³-hybridized carbons (Fsp3) is 0.130. The summed E-state index contributed by atoms with van der Waals surface area (Å²) in [5, 5.41) is 13.5. The molecule has 5 aromatic rings. The number of hydrogen-bond acceptors (Lipinski definition) is 5. The number of aryl methyl sites for hydroxylation is 2. The van der Waals surface area contributed by atoms with Gasteiger partial charge < -0.3 is 20.0 Å². The Kier molecular flexibility index (Phi) is 5.02. The summed E-state index contributed by atoms with van der Waals surface area (Å²) < 4.78 is 4.04. The number of carbonyl (C=O) groups is 1. The normalized spacial score (nSPS) is 11.4. The molecule has 3 N–H and O–H groups in total. The van der Waals surface area contributed by atoms with Gasteiger partial charge in [0.25, 0.3) is 5.56 Å². The minimum absolute atomic E-state index is 0.0387. The van der Waals surface area contributed by atoms with E-state index in [0.717, 1.165) is 15.5 Å². The van der Waals surface area contributed by atoms with Crippen molar-refractivity contribution >= 4 is 51.3 Å². The molecule has 5 rings (SSSR count). The zero-order valence-electron chi connectivity index (χ0n) is 18.2. The number of anilines is 2. The first-order chi connectivity index (χ1) is 16.2. The molecule has 0 atom stereocenters. The molecule has 0 bridgehead atoms. The van der Waals surface area contributed by atoms with Crippen LogP contribution in [0.5, 0.6) is 0 Å². The number of fused-ring (bicyclic) bond motifs is 2. The summed E-state index contributed by atoms with van der Waals surface area (Å²) >= 11 is 6.25. The third-order valence-electron chi connectivity index (χ3n) is 5.74. The summed E-state index contributed by atoms with van der Waals surface area (Å²) in [7, 11) is 3.23. The second-order valence-electron chi connectivity index (χ2n) is 7.90. The highest BCUT2D eigenvalue weighted by Gasteiger charge is 2.19. The fourth-order valence-corrected chi connectivity index (χ4v) is 4.18. The Morgan fingerprint density at radius 1 is 1.12 bits per heavy atom. The van der Waals surface area contributed by atoms with Crippen LogP contribution >= 0.6 is 11.6 Å². The monoisotopic (exact) mass is 478 g/mol. The van der Waals surface area contributed by atoms with Crippen molar-refractivity contribution < 1.29 is 9.90 Å². The topological polar surface area (TPSA) is 127 Å². The predicted octanol–water partition coefficient (Wildman–Crippen LogP) is 3.06. The minimum atomic E-state index is -1.03. The number of H-pyrrole nitrogens is 1. The number of rotatable bonds is 5. The van der Waals surface area contributed by atoms with Gasteiger partial charge in [-0.25, -0.2) is 9.59 Å². The van der Waals surface area contributed by atoms with Crippen molar-refractivity contribution in [3.63, 3.8) is 0 Å². The van der Waals surface area contributed by atoms with Crippen LogP contribution in [0.3, 0.4) is 0 Å². The van der Waals surface area contributed by atoms with Gasteiger partial charge in [-0.1, -0.05) is 17.7 Å². The van der Waals surface area contributed by atoms with Crippen LogP contribution in [0.25, 0.3) is 22.1 Å². The van der Waals surface area contributed by atoms with Gasteiger partial charge in [-0.15, -0.1) is 0 Å². The molecule has 11 heteroatoms. The van der Waals surface area contributed by atoms with Crippen LogP contribution in [0, 0.1) is 0 Å². The van der Waals surface area contributed by atoms with Crippen molar-refractivity contribution in [3.05, 3.63) is 85.6 Å². The highest BCUT2D eigenvalue weighted by atomic mass is 35.5. The second-order valence-corrected chi connectivity index (χ2v) is 8.31. The van der Waals surface area contributed by atoms with E-state index in [9.17, 15) is 14.4 Å². The van der Waals surface area contributed by atoms with Gasteiger partial charge in [0.15, 0.2) is 11.2 Å². The molecule has 0 aliphatic rings. The van der Waals surface area contributed by atoms with E-state index in [4.69, 9.17) is 16.7 Å². The maximum Gasteiger partial charge on any atom is 0.335 e. The molecule has 0 unspecified atom stereocenters. The molecule has 10 nitrogen and oxygen atoms in total. The molecule has 0 amide bonds. The van der Waals surface area contributed by atoms with Gasteiger partial charge >= 0.3 is 11.7 Å². The molecule has 34 heavy (non-hydrogen) atoms. The van der Waals surface area contributed by atoms with Gasteiger partial charge in [0.2, 0.25) is 5.95 Å². The lowest BCUT2D eigenvalue weighted by Gasteiger charge is -2.08. The molecule has 0 saturated carbocycles. The summed E-state index contributed by atoms with van der Waals surface area (Å²) in [6, 6.07) is 13.4. The van der Waals surface area contributed by atoms with Crippen molar-refractivity contribution in [1.29, 1.82) is 0 Å². The van der Waals surface area contributed by atoms with Crippen LogP contribution in [0.4, 0.5) is 11.6 Å². The van der Waals surface area contributed by atoms with Crippen LogP contribution in [-0.4, -0.2) is 34.7 Å². The van der Waals surface area contributed by atoms with E-state index in [-0.39, 0.29) is 23.3 Å². The van der Waals surface area contributed by atoms with Crippen molar-refractivity contribution in [2.24, 2.45) is 14.1 Å². The number of aromatic nitrogens is 5. The number of hydrogen-bond donors (Lipinski definition) is 3. The third kappa shape index (κ3) is 3.44. The minimum Gasteiger partial charge on any atom is -0.478 e. The molecule has 3 aromatic heterocycles. The van der Waals surface area contributed by atoms with Crippen molar-refractivity contribution in [2.75, 3.05) is 5.32 Å². The van der Waals surface area contributed by atoms with E-state index in [0.29, 0.717) is 22.4 Å². The van der Waals surface area contributed by atoms with Crippen LogP contribution in [0.15, 0.2) is 58.1 Å². The Balaban J connectivity index is 1.57. The molecule has 0 fully saturated rings. The highest BCUT2D eigenvalue weighted by molar-refractivity contribution is 6.35. The number of carboxylic acids is 1. The SMILES string of the molecule is Cn1c(Nc2ccc(C(=O)O)cc2)nc2c1c(=O)n(Cc1cc3c(Cl)cccc3[nH]1)c(=O)n2C. The van der Waals surface area contributed by atoms with Gasteiger partial charge in [-0.3, -0.25) is 13.9 Å². The first kappa shape index (κ1) is 21.5. The number of carboxylic acid groups (broad SMARTS) is 1. The average Bonchev–Trinajstić information content (AvgIpc) is 3.37. The number of halogens is 1. The van der Waals surface area contributed by atoms with E-state index < -0.39 is 17.2 Å². The summed E-state index contributed by atoms with van der Waals surface area (Å²) in [5.41, 5.74) is 1.72. The van der Waals surface area contributed by atoms with E-state index in [1.807, 2.05) is 18.2 Å². The van der Waals surface area contributed by atoms with Gasteiger partial charge in [0, 0.05) is 41.4 Å². The summed E-state index contributed by atoms with van der Waals surface area (Å²) in [4.78, 5) is 45.1. The molecule has 0 saturated heterocycles. The molecule has 2 aromatic carbocycles. The molecule has 172 valence electrons. The van der Waals surface area contributed by atoms with Crippen molar-refractivity contribution in [2.45, 2.75) is 6.54 Å². The molecule has 3 heterocycles. The average molecular weight is 479 g/mol. The Morgan fingerprint density at radius 2 is 1.85 bits per heavy atom. The summed E-state index contributed by atoms with van der Waals surface area (Å²) in [6.07, 6.45) is 0. The smallest absolute Gasteiger partial charge is 0.335 e. The maximum absolute atomic E-state index is 13.4. The van der Waals surface area contributed by atoms with Gasteiger partial charge in [0.05, 0.1) is 12.1 Å². The lowest BCUT2D eigenvalue weighted by molar-refractivity contribution is 0.0697. The number of aromatic amines is 1. The standard InChI is InChI=1S/C23H19ClN6O4/c1-28-18-19(27-22(28)26-13-8-6-12(7-9-13)21(32)33)29(2)23(34)30(20(18)31)11-14-10-15-16(24)4-3-5-17(15)25-14/h3-10,25H,11H2,1-2H3,(H,26,27)(H,32,33). The van der Waals surface area contributed by atoms with Gasteiger partial charge in [-0.05, 0) is 42.5 Å². The molecule has 0 spiro atoms. The summed E-state index contributed by atoms with van der Waals surface area (Å²) in [5.74, 6) is -0.692. The first-order valence-electron chi connectivity index (χ1n) is 10.3. The number of imidazole rings is 1. The first-order valence-corrected chi connectivity index (χ1v) is 10.6. The van der Waals surface area contributed by atoms with E-state index in [2.05, 4.69) is 15.3 Å². The van der Waals surface area contributed by atoms with Crippen LogP contribution < -0.4 is 16.6 Å². The zero-order valence-corrected chi connectivity index (χ0v) is 18.9. The fourth-order valence-electron chi connectivity index (χ4n) is 3.95. The number of nitrogens with zero attached hydrogens (tertiary/aromatic N) is 4. The van der Waals surface area contributed by atoms with E-state index >= 15 is 0 Å². The Morgan fingerprint density at radius 3 is 2.53 bits per heavy atom. The van der Waals surface area contributed by atoms with Crippen LogP contribution in [0.1, 0.15) is 16.1 Å². The van der Waals surface area contributed by atoms with E-state index in [1.54, 1.807) is 36.9 Å².